The number of esters is 1. The van der Waals surface area contributed by atoms with Crippen molar-refractivity contribution in [3.8, 4) is 0 Å². The molecule has 1 rings (SSSR count). The number of carbonyl (C=O) groups excluding carboxylic acids is 1. The summed E-state index contributed by atoms with van der Waals surface area (Å²) in [5, 5.41) is 11.6. The third-order valence-electron chi connectivity index (χ3n) is 3.65. The number of ether oxygens (including phenoxy) is 1. The lowest BCUT2D eigenvalue weighted by atomic mass is 9.69. The van der Waals surface area contributed by atoms with E-state index in [9.17, 15) is 9.90 Å². The first-order valence-electron chi connectivity index (χ1n) is 6.45. The first kappa shape index (κ1) is 16.0. The van der Waals surface area contributed by atoms with Crippen LogP contribution in [0.4, 0.5) is 0 Å². The highest BCUT2D eigenvalue weighted by Gasteiger charge is 2.49. The third kappa shape index (κ3) is 2.93. The summed E-state index contributed by atoms with van der Waals surface area (Å²) in [6, 6.07) is 6.90. The molecule has 0 amide bonds. The number of halogens is 1. The van der Waals surface area contributed by atoms with E-state index in [0.29, 0.717) is 23.6 Å². The zero-order valence-corrected chi connectivity index (χ0v) is 12.6. The van der Waals surface area contributed by atoms with Crippen molar-refractivity contribution in [2.24, 2.45) is 5.41 Å². The number of hydrogen-bond donors (Lipinski definition) is 1. The zero-order valence-electron chi connectivity index (χ0n) is 11.9. The van der Waals surface area contributed by atoms with Crippen LogP contribution in [0.1, 0.15) is 39.7 Å². The Morgan fingerprint density at radius 1 is 1.26 bits per heavy atom. The summed E-state index contributed by atoms with van der Waals surface area (Å²) in [5.41, 5.74) is -1.66. The van der Waals surface area contributed by atoms with Crippen molar-refractivity contribution in [3.05, 3.63) is 34.9 Å². The number of carbonyl (C=O) groups is 1. The van der Waals surface area contributed by atoms with E-state index in [1.165, 1.54) is 0 Å². The predicted octanol–water partition coefficient (Wildman–Crippen LogP) is 3.53. The molecule has 1 atom stereocenters. The molecule has 0 aromatic heterocycles. The van der Waals surface area contributed by atoms with Crippen molar-refractivity contribution in [2.75, 3.05) is 6.61 Å². The van der Waals surface area contributed by atoms with Crippen LogP contribution in [-0.4, -0.2) is 17.7 Å². The molecule has 0 bridgehead atoms. The first-order valence-corrected chi connectivity index (χ1v) is 6.83. The van der Waals surface area contributed by atoms with E-state index in [2.05, 4.69) is 0 Å². The van der Waals surface area contributed by atoms with Crippen LogP contribution >= 0.6 is 11.6 Å². The minimum Gasteiger partial charge on any atom is -0.465 e. The predicted molar refractivity (Wildman–Crippen MR) is 76.1 cm³/mol. The molecule has 0 fully saturated rings. The molecule has 4 heteroatoms. The summed E-state index contributed by atoms with van der Waals surface area (Å²) >= 11 is 5.86. The highest BCUT2D eigenvalue weighted by Crippen LogP contribution is 2.43. The van der Waals surface area contributed by atoms with Gasteiger partial charge in [0.2, 0.25) is 0 Å². The summed E-state index contributed by atoms with van der Waals surface area (Å²) in [5.74, 6) is -0.408. The Balaban J connectivity index is 3.22. The third-order valence-corrected chi connectivity index (χ3v) is 3.91. The minimum atomic E-state index is -1.29. The Bertz CT molecular complexity index is 439. The second-order valence-corrected chi connectivity index (χ2v) is 5.50. The lowest BCUT2D eigenvalue weighted by Crippen LogP contribution is -2.47. The summed E-state index contributed by atoms with van der Waals surface area (Å²) < 4.78 is 5.07. The van der Waals surface area contributed by atoms with E-state index in [1.54, 1.807) is 45.0 Å². The largest absolute Gasteiger partial charge is 0.465 e. The average Bonchev–Trinajstić information content (AvgIpc) is 2.38. The van der Waals surface area contributed by atoms with E-state index in [0.717, 1.165) is 0 Å². The zero-order chi connectivity index (χ0) is 14.7. The molecular weight excluding hydrogens is 264 g/mol. The van der Waals surface area contributed by atoms with Gasteiger partial charge in [0.1, 0.15) is 5.60 Å². The summed E-state index contributed by atoms with van der Waals surface area (Å²) in [6.45, 7) is 7.28. The molecule has 0 spiro atoms. The molecule has 0 aliphatic carbocycles. The fourth-order valence-electron chi connectivity index (χ4n) is 2.21. The van der Waals surface area contributed by atoms with Crippen LogP contribution in [0, 0.1) is 5.41 Å². The lowest BCUT2D eigenvalue weighted by molar-refractivity contribution is -0.173. The molecule has 0 radical (unpaired) electrons. The highest BCUT2D eigenvalue weighted by molar-refractivity contribution is 6.30. The van der Waals surface area contributed by atoms with Crippen molar-refractivity contribution in [1.82, 2.24) is 0 Å². The standard InChI is InChI=1S/C15H21ClO3/c1-5-15(18,11-7-9-12(16)10-8-11)14(3,4)13(17)19-6-2/h7-10,18H,5-6H2,1-4H3. The Morgan fingerprint density at radius 2 is 1.79 bits per heavy atom. The molecule has 1 N–H and O–H groups in total. The number of aliphatic hydroxyl groups is 1. The molecule has 0 aliphatic heterocycles. The molecule has 3 nitrogen and oxygen atoms in total. The molecule has 106 valence electrons. The molecule has 0 saturated heterocycles. The van der Waals surface area contributed by atoms with Crippen molar-refractivity contribution >= 4 is 17.6 Å². The molecule has 0 heterocycles. The van der Waals surface area contributed by atoms with Gasteiger partial charge in [-0.25, -0.2) is 0 Å². The van der Waals surface area contributed by atoms with E-state index >= 15 is 0 Å². The fraction of sp³-hybridized carbons (Fsp3) is 0.533. The Morgan fingerprint density at radius 3 is 2.21 bits per heavy atom. The van der Waals surface area contributed by atoms with Gasteiger partial charge in [0.05, 0.1) is 12.0 Å². The number of benzene rings is 1. The minimum absolute atomic E-state index is 0.294. The SMILES string of the molecule is CCOC(=O)C(C)(C)C(O)(CC)c1ccc(Cl)cc1. The van der Waals surface area contributed by atoms with Gasteiger partial charge in [-0.2, -0.15) is 0 Å². The quantitative estimate of drug-likeness (QED) is 0.842. The summed E-state index contributed by atoms with van der Waals surface area (Å²) in [4.78, 5) is 12.1. The molecule has 1 aromatic rings. The monoisotopic (exact) mass is 284 g/mol. The van der Waals surface area contributed by atoms with Gasteiger partial charge in [0, 0.05) is 5.02 Å². The lowest BCUT2D eigenvalue weighted by Gasteiger charge is -2.40. The van der Waals surface area contributed by atoms with Crippen molar-refractivity contribution < 1.29 is 14.6 Å². The fourth-order valence-corrected chi connectivity index (χ4v) is 2.34. The maximum Gasteiger partial charge on any atom is 0.314 e. The summed E-state index contributed by atoms with van der Waals surface area (Å²) in [6.07, 6.45) is 0.403. The summed E-state index contributed by atoms with van der Waals surface area (Å²) in [7, 11) is 0. The highest BCUT2D eigenvalue weighted by atomic mass is 35.5. The van der Waals surface area contributed by atoms with Crippen molar-refractivity contribution in [3.63, 3.8) is 0 Å². The van der Waals surface area contributed by atoms with Crippen LogP contribution in [-0.2, 0) is 15.1 Å². The second-order valence-electron chi connectivity index (χ2n) is 5.07. The van der Waals surface area contributed by atoms with Gasteiger partial charge in [-0.3, -0.25) is 4.79 Å². The van der Waals surface area contributed by atoms with Crippen molar-refractivity contribution in [2.45, 2.75) is 39.7 Å². The van der Waals surface area contributed by atoms with Crippen LogP contribution < -0.4 is 0 Å². The molecule has 1 aromatic carbocycles. The Labute approximate surface area is 119 Å². The van der Waals surface area contributed by atoms with E-state index < -0.39 is 17.0 Å². The van der Waals surface area contributed by atoms with Crippen LogP contribution in [0.3, 0.4) is 0 Å². The Hall–Kier alpha value is -1.06. The van der Waals surface area contributed by atoms with Gasteiger partial charge < -0.3 is 9.84 Å². The smallest absolute Gasteiger partial charge is 0.314 e. The number of rotatable bonds is 5. The van der Waals surface area contributed by atoms with E-state index in [-0.39, 0.29) is 0 Å². The average molecular weight is 285 g/mol. The van der Waals surface area contributed by atoms with Gasteiger partial charge in [-0.1, -0.05) is 30.7 Å². The van der Waals surface area contributed by atoms with Crippen LogP contribution in [0.15, 0.2) is 24.3 Å². The van der Waals surface area contributed by atoms with Gasteiger partial charge in [-0.15, -0.1) is 0 Å². The van der Waals surface area contributed by atoms with Gasteiger partial charge in [0.25, 0.3) is 0 Å². The van der Waals surface area contributed by atoms with Crippen LogP contribution in [0.5, 0.6) is 0 Å². The molecule has 19 heavy (non-hydrogen) atoms. The molecule has 0 saturated carbocycles. The topological polar surface area (TPSA) is 46.5 Å². The first-order chi connectivity index (χ1) is 8.79. The maximum atomic E-state index is 12.1. The van der Waals surface area contributed by atoms with Gasteiger partial charge in [-0.05, 0) is 44.9 Å². The number of hydrogen-bond acceptors (Lipinski definition) is 3. The molecular formula is C15H21ClO3. The molecule has 0 aliphatic rings. The van der Waals surface area contributed by atoms with Crippen molar-refractivity contribution in [1.29, 1.82) is 0 Å². The maximum absolute atomic E-state index is 12.1. The normalized spacial score (nSPS) is 14.8. The molecule has 1 unspecified atom stereocenters. The van der Waals surface area contributed by atoms with Gasteiger partial charge >= 0.3 is 5.97 Å². The van der Waals surface area contributed by atoms with Gasteiger partial charge in [0.15, 0.2) is 0 Å². The van der Waals surface area contributed by atoms with Crippen LogP contribution in [0.2, 0.25) is 5.02 Å². The second kappa shape index (κ2) is 5.93. The van der Waals surface area contributed by atoms with E-state index in [4.69, 9.17) is 16.3 Å². The van der Waals surface area contributed by atoms with Crippen LogP contribution in [0.25, 0.3) is 0 Å². The Kier molecular flexibility index (Phi) is 4.99. The van der Waals surface area contributed by atoms with E-state index in [1.807, 2.05) is 6.92 Å².